The Morgan fingerprint density at radius 3 is 2.68 bits per heavy atom. The predicted molar refractivity (Wildman–Crippen MR) is 149 cm³/mol. The highest BCUT2D eigenvalue weighted by atomic mass is 79.9. The number of carbonyl (C=O) groups excluding carboxylic acids is 2. The second-order valence-corrected chi connectivity index (χ2v) is 10.5. The first-order valence-corrected chi connectivity index (χ1v) is 13.7. The van der Waals surface area contributed by atoms with Crippen LogP contribution in [0.4, 0.5) is 0 Å². The van der Waals surface area contributed by atoms with E-state index >= 15 is 0 Å². The number of thioether (sulfide) groups is 1. The van der Waals surface area contributed by atoms with Gasteiger partial charge in [0.2, 0.25) is 0 Å². The van der Waals surface area contributed by atoms with Gasteiger partial charge >= 0.3 is 5.97 Å². The largest absolute Gasteiger partial charge is 0.497 e. The molecule has 11 heteroatoms. The third-order valence-electron chi connectivity index (χ3n) is 4.86. The van der Waals surface area contributed by atoms with E-state index in [1.807, 2.05) is 31.2 Å². The number of aromatic nitrogens is 1. The summed E-state index contributed by atoms with van der Waals surface area (Å²) in [7, 11) is 1.55. The van der Waals surface area contributed by atoms with Gasteiger partial charge in [0.25, 0.3) is 5.91 Å². The molecule has 0 fully saturated rings. The summed E-state index contributed by atoms with van der Waals surface area (Å²) < 4.78 is 18.8. The molecule has 0 radical (unpaired) electrons. The molecule has 0 aliphatic heterocycles. The summed E-state index contributed by atoms with van der Waals surface area (Å²) in [6.07, 6.45) is 1.49. The predicted octanol–water partition coefficient (Wildman–Crippen LogP) is 5.93. The fourth-order valence-corrected chi connectivity index (χ4v) is 5.56. The normalized spacial score (nSPS) is 11.0. The highest BCUT2D eigenvalue weighted by Gasteiger charge is 2.17. The Kier molecular flexibility index (Phi) is 9.15. The van der Waals surface area contributed by atoms with Gasteiger partial charge in [-0.25, -0.2) is 15.2 Å². The van der Waals surface area contributed by atoms with Gasteiger partial charge in [0.1, 0.15) is 5.75 Å². The summed E-state index contributed by atoms with van der Waals surface area (Å²) >= 11 is 6.35. The van der Waals surface area contributed by atoms with E-state index < -0.39 is 5.97 Å². The lowest BCUT2D eigenvalue weighted by molar-refractivity contribution is -0.118. The van der Waals surface area contributed by atoms with Gasteiger partial charge < -0.3 is 14.2 Å². The first-order valence-electron chi connectivity index (χ1n) is 11.1. The van der Waals surface area contributed by atoms with E-state index in [-0.39, 0.29) is 17.4 Å². The van der Waals surface area contributed by atoms with Crippen LogP contribution in [0.25, 0.3) is 10.2 Å². The minimum absolute atomic E-state index is 0.186. The standard InChI is InChI=1S/C26H22BrN3O5S2/c1-3-34-21-13-16(12-19(27)24(21)35-25(32)17-8-10-18(33-2)11-9-17)14-28-30-23(31)15-36-26-29-20-6-4-5-7-22(20)37-26/h4-14H,3,15H2,1-2H3,(H,30,31)/b28-14-. The topological polar surface area (TPSA) is 99.1 Å². The molecule has 0 saturated carbocycles. The van der Waals surface area contributed by atoms with Crippen molar-refractivity contribution in [2.45, 2.75) is 11.3 Å². The van der Waals surface area contributed by atoms with E-state index in [9.17, 15) is 9.59 Å². The number of hydrogen-bond donors (Lipinski definition) is 1. The summed E-state index contributed by atoms with van der Waals surface area (Å²) in [5.41, 5.74) is 4.44. The number of rotatable bonds is 10. The number of fused-ring (bicyclic) bond motifs is 1. The Labute approximate surface area is 230 Å². The van der Waals surface area contributed by atoms with E-state index in [0.717, 1.165) is 14.6 Å². The van der Waals surface area contributed by atoms with Crippen molar-refractivity contribution < 1.29 is 23.8 Å². The summed E-state index contributed by atoms with van der Waals surface area (Å²) in [5, 5.41) is 4.04. The average Bonchev–Trinajstić information content (AvgIpc) is 3.33. The van der Waals surface area contributed by atoms with Crippen LogP contribution in [0, 0.1) is 0 Å². The number of hydrogen-bond acceptors (Lipinski definition) is 9. The molecule has 8 nitrogen and oxygen atoms in total. The number of nitrogens with zero attached hydrogens (tertiary/aromatic N) is 2. The Morgan fingerprint density at radius 2 is 1.95 bits per heavy atom. The van der Waals surface area contributed by atoms with Gasteiger partial charge in [0.05, 0.1) is 45.9 Å². The lowest BCUT2D eigenvalue weighted by Crippen LogP contribution is -2.19. The number of ether oxygens (including phenoxy) is 3. The number of thiazole rings is 1. The summed E-state index contributed by atoms with van der Waals surface area (Å²) in [6, 6.07) is 17.8. The molecule has 190 valence electrons. The number of carbonyl (C=O) groups is 2. The molecule has 0 spiro atoms. The zero-order valence-electron chi connectivity index (χ0n) is 19.9. The highest BCUT2D eigenvalue weighted by molar-refractivity contribution is 9.10. The highest BCUT2D eigenvalue weighted by Crippen LogP contribution is 2.37. The number of esters is 1. The van der Waals surface area contributed by atoms with Crippen molar-refractivity contribution in [3.8, 4) is 17.2 Å². The fourth-order valence-electron chi connectivity index (χ4n) is 3.15. The van der Waals surface area contributed by atoms with Crippen LogP contribution in [0.2, 0.25) is 0 Å². The zero-order chi connectivity index (χ0) is 26.2. The molecule has 0 bridgehead atoms. The maximum Gasteiger partial charge on any atom is 0.343 e. The van der Waals surface area contributed by atoms with Crippen LogP contribution in [-0.2, 0) is 4.79 Å². The molecule has 0 saturated heterocycles. The first kappa shape index (κ1) is 26.6. The van der Waals surface area contributed by atoms with Crippen molar-refractivity contribution in [2.75, 3.05) is 19.5 Å². The minimum Gasteiger partial charge on any atom is -0.497 e. The molecule has 3 aromatic carbocycles. The van der Waals surface area contributed by atoms with Crippen molar-refractivity contribution >= 4 is 67.3 Å². The third kappa shape index (κ3) is 7.09. The number of hydrazone groups is 1. The molecular weight excluding hydrogens is 578 g/mol. The van der Waals surface area contributed by atoms with E-state index in [4.69, 9.17) is 14.2 Å². The number of methoxy groups -OCH3 is 1. The van der Waals surface area contributed by atoms with E-state index in [0.29, 0.717) is 33.7 Å². The van der Waals surface area contributed by atoms with Crippen LogP contribution < -0.4 is 19.6 Å². The van der Waals surface area contributed by atoms with Crippen LogP contribution in [0.15, 0.2) is 74.6 Å². The van der Waals surface area contributed by atoms with Gasteiger partial charge in [-0.05, 0) is 76.9 Å². The van der Waals surface area contributed by atoms with Gasteiger partial charge in [-0.3, -0.25) is 4.79 Å². The van der Waals surface area contributed by atoms with Crippen LogP contribution in [-0.4, -0.2) is 42.5 Å². The first-order chi connectivity index (χ1) is 18.0. The van der Waals surface area contributed by atoms with Crippen molar-refractivity contribution in [1.29, 1.82) is 0 Å². The maximum absolute atomic E-state index is 12.7. The van der Waals surface area contributed by atoms with Crippen LogP contribution >= 0.6 is 39.0 Å². The van der Waals surface area contributed by atoms with Crippen LogP contribution in [0.1, 0.15) is 22.8 Å². The SMILES string of the molecule is CCOc1cc(/C=N\NC(=O)CSc2nc3ccccc3s2)cc(Br)c1OC(=O)c1ccc(OC)cc1. The lowest BCUT2D eigenvalue weighted by atomic mass is 10.2. The van der Waals surface area contributed by atoms with Crippen molar-refractivity contribution in [2.24, 2.45) is 5.10 Å². The Bertz CT molecular complexity index is 1410. The molecule has 0 aliphatic carbocycles. The van der Waals surface area contributed by atoms with Gasteiger partial charge in [-0.15, -0.1) is 11.3 Å². The summed E-state index contributed by atoms with van der Waals surface area (Å²) in [6.45, 7) is 2.19. The summed E-state index contributed by atoms with van der Waals surface area (Å²) in [5.74, 6) is 0.636. The Morgan fingerprint density at radius 1 is 1.16 bits per heavy atom. The number of para-hydroxylation sites is 1. The molecule has 1 heterocycles. The maximum atomic E-state index is 12.7. The molecule has 0 aliphatic rings. The average molecular weight is 601 g/mol. The number of halogens is 1. The molecule has 1 N–H and O–H groups in total. The lowest BCUT2D eigenvalue weighted by Gasteiger charge is -2.13. The molecule has 37 heavy (non-hydrogen) atoms. The number of benzene rings is 3. The zero-order valence-corrected chi connectivity index (χ0v) is 23.1. The quantitative estimate of drug-likeness (QED) is 0.0793. The second kappa shape index (κ2) is 12.7. The monoisotopic (exact) mass is 599 g/mol. The second-order valence-electron chi connectivity index (χ2n) is 7.41. The minimum atomic E-state index is -0.538. The molecule has 0 atom stereocenters. The van der Waals surface area contributed by atoms with Crippen molar-refractivity contribution in [1.82, 2.24) is 10.4 Å². The molecule has 4 rings (SSSR count). The molecule has 0 unspecified atom stereocenters. The van der Waals surface area contributed by atoms with E-state index in [1.165, 1.54) is 18.0 Å². The van der Waals surface area contributed by atoms with E-state index in [2.05, 4.69) is 31.4 Å². The fraction of sp³-hybridized carbons (Fsp3) is 0.154. The molecule has 1 aromatic heterocycles. The summed E-state index contributed by atoms with van der Waals surface area (Å²) in [4.78, 5) is 29.4. The van der Waals surface area contributed by atoms with Crippen molar-refractivity contribution in [3.63, 3.8) is 0 Å². The van der Waals surface area contributed by atoms with Gasteiger partial charge in [-0.2, -0.15) is 5.10 Å². The molecular formula is C26H22BrN3O5S2. The van der Waals surface area contributed by atoms with E-state index in [1.54, 1.807) is 54.8 Å². The number of nitrogens with one attached hydrogen (secondary N) is 1. The molecule has 4 aromatic rings. The Balaban J connectivity index is 1.38. The Hall–Kier alpha value is -3.41. The van der Waals surface area contributed by atoms with Gasteiger partial charge in [0.15, 0.2) is 15.8 Å². The van der Waals surface area contributed by atoms with Gasteiger partial charge in [-0.1, -0.05) is 23.9 Å². The van der Waals surface area contributed by atoms with Gasteiger partial charge in [0, 0.05) is 0 Å². The number of amides is 1. The van der Waals surface area contributed by atoms with Crippen LogP contribution in [0.5, 0.6) is 17.2 Å². The third-order valence-corrected chi connectivity index (χ3v) is 7.62. The smallest absolute Gasteiger partial charge is 0.343 e. The van der Waals surface area contributed by atoms with Crippen LogP contribution in [0.3, 0.4) is 0 Å². The van der Waals surface area contributed by atoms with Crippen molar-refractivity contribution in [3.05, 3.63) is 76.3 Å². The molecule has 1 amide bonds.